The zero-order valence-corrected chi connectivity index (χ0v) is 16.8. The van der Waals surface area contributed by atoms with E-state index in [1.807, 2.05) is 0 Å². The van der Waals surface area contributed by atoms with Crippen LogP contribution < -0.4 is 14.8 Å². The lowest BCUT2D eigenvalue weighted by Crippen LogP contribution is -2.65. The number of ether oxygens (including phenoxy) is 2. The SMILES string of the molecule is COc1cnc(N([C@@H]2O[C@H](C(=O)O)[C@@H](O)C(O)[C@H]2O)S(=O)(=O)c2ccc(N)cc2)nc1. The summed E-state index contributed by atoms with van der Waals surface area (Å²) >= 11 is 0. The topological polar surface area (TPSA) is 206 Å². The van der Waals surface area contributed by atoms with Crippen molar-refractivity contribution >= 4 is 27.6 Å². The summed E-state index contributed by atoms with van der Waals surface area (Å²) in [7, 11) is -3.23. The summed E-state index contributed by atoms with van der Waals surface area (Å²) in [4.78, 5) is 18.9. The van der Waals surface area contributed by atoms with Crippen molar-refractivity contribution in [2.45, 2.75) is 35.5 Å². The third-order valence-corrected chi connectivity index (χ3v) is 6.30. The fourth-order valence-corrected chi connectivity index (χ4v) is 4.36. The number of hydrogen-bond donors (Lipinski definition) is 5. The molecular weight excluding hydrogens is 436 g/mol. The van der Waals surface area contributed by atoms with E-state index in [4.69, 9.17) is 15.2 Å². The lowest BCUT2D eigenvalue weighted by Gasteiger charge is -2.42. The lowest BCUT2D eigenvalue weighted by molar-refractivity contribution is -0.224. The van der Waals surface area contributed by atoms with Crippen molar-refractivity contribution in [2.24, 2.45) is 0 Å². The second-order valence-electron chi connectivity index (χ2n) is 6.55. The number of nitrogen functional groups attached to an aromatic ring is 1. The van der Waals surface area contributed by atoms with Gasteiger partial charge < -0.3 is 35.6 Å². The van der Waals surface area contributed by atoms with Crippen LogP contribution in [0, 0.1) is 0 Å². The summed E-state index contributed by atoms with van der Waals surface area (Å²) in [5, 5.41) is 39.8. The summed E-state index contributed by atoms with van der Waals surface area (Å²) in [5.74, 6) is -1.99. The van der Waals surface area contributed by atoms with E-state index in [1.54, 1.807) is 0 Å². The molecule has 0 radical (unpaired) electrons. The number of aliphatic hydroxyl groups excluding tert-OH is 3. The summed E-state index contributed by atoms with van der Waals surface area (Å²) in [6.07, 6.45) is -7.84. The highest BCUT2D eigenvalue weighted by Crippen LogP contribution is 2.31. The smallest absolute Gasteiger partial charge is 0.335 e. The van der Waals surface area contributed by atoms with Gasteiger partial charge in [-0.25, -0.2) is 27.5 Å². The number of anilines is 2. The predicted molar refractivity (Wildman–Crippen MR) is 103 cm³/mol. The van der Waals surface area contributed by atoms with Crippen LogP contribution in [0.15, 0.2) is 41.6 Å². The Kier molecular flexibility index (Phi) is 6.28. The molecule has 0 amide bonds. The van der Waals surface area contributed by atoms with Crippen LogP contribution >= 0.6 is 0 Å². The van der Waals surface area contributed by atoms with E-state index in [-0.39, 0.29) is 16.3 Å². The Morgan fingerprint density at radius 3 is 2.19 bits per heavy atom. The zero-order chi connectivity index (χ0) is 22.9. The molecule has 0 aliphatic carbocycles. The molecule has 31 heavy (non-hydrogen) atoms. The van der Waals surface area contributed by atoms with Crippen molar-refractivity contribution in [1.82, 2.24) is 9.97 Å². The number of carbonyl (C=O) groups is 1. The molecule has 1 unspecified atom stereocenters. The zero-order valence-electron chi connectivity index (χ0n) is 16.0. The average Bonchev–Trinajstić information content (AvgIpc) is 2.74. The first-order chi connectivity index (χ1) is 14.6. The molecule has 1 aliphatic rings. The molecule has 13 nitrogen and oxygen atoms in total. The molecule has 1 aliphatic heterocycles. The minimum absolute atomic E-state index is 0.192. The number of aliphatic hydroxyl groups is 3. The van der Waals surface area contributed by atoms with Gasteiger partial charge in [-0.2, -0.15) is 0 Å². The van der Waals surface area contributed by atoms with Crippen molar-refractivity contribution < 1.29 is 43.1 Å². The molecular formula is C17H20N4O9S. The largest absolute Gasteiger partial charge is 0.494 e. The highest BCUT2D eigenvalue weighted by Gasteiger charge is 2.52. The van der Waals surface area contributed by atoms with E-state index < -0.39 is 52.6 Å². The average molecular weight is 456 g/mol. The molecule has 0 saturated carbocycles. The number of methoxy groups -OCH3 is 1. The van der Waals surface area contributed by atoms with Crippen molar-refractivity contribution in [3.63, 3.8) is 0 Å². The van der Waals surface area contributed by atoms with Crippen LogP contribution in [-0.4, -0.2) is 82.5 Å². The molecule has 2 aromatic rings. The number of hydrogen-bond acceptors (Lipinski definition) is 11. The Hall–Kier alpha value is -3.04. The Morgan fingerprint density at radius 1 is 1.10 bits per heavy atom. The van der Waals surface area contributed by atoms with Gasteiger partial charge in [-0.05, 0) is 24.3 Å². The van der Waals surface area contributed by atoms with Gasteiger partial charge in [0.15, 0.2) is 18.1 Å². The van der Waals surface area contributed by atoms with Gasteiger partial charge in [-0.15, -0.1) is 0 Å². The Morgan fingerprint density at radius 2 is 1.68 bits per heavy atom. The van der Waals surface area contributed by atoms with Crippen LogP contribution in [0.5, 0.6) is 5.75 Å². The first-order valence-corrected chi connectivity index (χ1v) is 10.2. The third kappa shape index (κ3) is 4.24. The molecule has 2 heterocycles. The van der Waals surface area contributed by atoms with E-state index in [2.05, 4.69) is 9.97 Å². The minimum Gasteiger partial charge on any atom is -0.494 e. The highest BCUT2D eigenvalue weighted by molar-refractivity contribution is 7.92. The van der Waals surface area contributed by atoms with Crippen LogP contribution in [0.25, 0.3) is 0 Å². The van der Waals surface area contributed by atoms with Crippen LogP contribution in [0.4, 0.5) is 11.6 Å². The number of aromatic nitrogens is 2. The monoisotopic (exact) mass is 456 g/mol. The molecule has 1 saturated heterocycles. The van der Waals surface area contributed by atoms with E-state index in [0.717, 1.165) is 12.4 Å². The van der Waals surface area contributed by atoms with Crippen LogP contribution in [0.3, 0.4) is 0 Å². The molecule has 1 aromatic heterocycles. The normalized spacial score (nSPS) is 26.3. The Labute approximate surface area is 176 Å². The number of carboxylic acid groups (broad SMARTS) is 1. The molecule has 0 spiro atoms. The maximum atomic E-state index is 13.4. The molecule has 1 fully saturated rings. The lowest BCUT2D eigenvalue weighted by atomic mass is 9.98. The fraction of sp³-hybridized carbons (Fsp3) is 0.353. The quantitative estimate of drug-likeness (QED) is 0.304. The molecule has 168 valence electrons. The number of benzene rings is 1. The standard InChI is InChI=1S/C17H20N4O9S/c1-29-9-6-19-17(20-7-9)21(31(27,28)10-4-2-8(18)3-5-10)15-13(24)11(22)12(23)14(30-15)16(25)26/h2-7,11-15,22-24H,18H2,1H3,(H,25,26)/t11?,12-,13+,14-,15+/m0/s1. The summed E-state index contributed by atoms with van der Waals surface area (Å²) in [5.41, 5.74) is 5.88. The van der Waals surface area contributed by atoms with Gasteiger partial charge in [-0.1, -0.05) is 0 Å². The van der Waals surface area contributed by atoms with Gasteiger partial charge in [0.2, 0.25) is 5.95 Å². The van der Waals surface area contributed by atoms with Gasteiger partial charge in [0.05, 0.1) is 24.4 Å². The van der Waals surface area contributed by atoms with Crippen molar-refractivity contribution in [3.05, 3.63) is 36.7 Å². The van der Waals surface area contributed by atoms with Gasteiger partial charge in [0.25, 0.3) is 10.0 Å². The number of carboxylic acids is 1. The Bertz CT molecular complexity index is 1030. The number of rotatable bonds is 6. The Balaban J connectivity index is 2.15. The number of aliphatic carboxylic acids is 1. The predicted octanol–water partition coefficient (Wildman–Crippen LogP) is -1.85. The van der Waals surface area contributed by atoms with E-state index in [0.29, 0.717) is 4.31 Å². The summed E-state index contributed by atoms with van der Waals surface area (Å²) in [6.45, 7) is 0. The van der Waals surface area contributed by atoms with Gasteiger partial charge in [0.1, 0.15) is 18.3 Å². The first kappa shape index (κ1) is 22.6. The molecule has 3 rings (SSSR count). The van der Waals surface area contributed by atoms with E-state index >= 15 is 0 Å². The number of nitrogens with zero attached hydrogens (tertiary/aromatic N) is 3. The molecule has 0 bridgehead atoms. The van der Waals surface area contributed by atoms with Crippen LogP contribution in [0.1, 0.15) is 0 Å². The third-order valence-electron chi connectivity index (χ3n) is 4.55. The van der Waals surface area contributed by atoms with E-state index in [9.17, 15) is 33.6 Å². The fourth-order valence-electron chi connectivity index (χ4n) is 2.90. The van der Waals surface area contributed by atoms with Crippen molar-refractivity contribution in [2.75, 3.05) is 17.1 Å². The van der Waals surface area contributed by atoms with Gasteiger partial charge in [0, 0.05) is 5.69 Å². The van der Waals surface area contributed by atoms with Crippen LogP contribution in [-0.2, 0) is 19.6 Å². The molecule has 5 atom stereocenters. The second kappa shape index (κ2) is 8.60. The van der Waals surface area contributed by atoms with Crippen LogP contribution in [0.2, 0.25) is 0 Å². The highest BCUT2D eigenvalue weighted by atomic mass is 32.2. The van der Waals surface area contributed by atoms with Crippen molar-refractivity contribution in [1.29, 1.82) is 0 Å². The first-order valence-electron chi connectivity index (χ1n) is 8.76. The molecule has 1 aromatic carbocycles. The minimum atomic E-state index is -4.57. The maximum Gasteiger partial charge on any atom is 0.335 e. The van der Waals surface area contributed by atoms with Crippen molar-refractivity contribution in [3.8, 4) is 5.75 Å². The second-order valence-corrected chi connectivity index (χ2v) is 8.36. The van der Waals surface area contributed by atoms with Gasteiger partial charge >= 0.3 is 5.97 Å². The maximum absolute atomic E-state index is 13.4. The summed E-state index contributed by atoms with van der Waals surface area (Å²) in [6, 6.07) is 4.99. The molecule has 6 N–H and O–H groups in total. The number of nitrogens with two attached hydrogens (primary N) is 1. The number of sulfonamides is 1. The van der Waals surface area contributed by atoms with E-state index in [1.165, 1.54) is 31.4 Å². The summed E-state index contributed by atoms with van der Waals surface area (Å²) < 4.78 is 37.4. The van der Waals surface area contributed by atoms with Gasteiger partial charge in [-0.3, -0.25) is 0 Å². The molecule has 14 heteroatoms.